The van der Waals surface area contributed by atoms with Crippen molar-refractivity contribution in [2.45, 2.75) is 6.92 Å². The summed E-state index contributed by atoms with van der Waals surface area (Å²) >= 11 is 1.42. The molecule has 4 rings (SSSR count). The van der Waals surface area contributed by atoms with Crippen molar-refractivity contribution in [3.63, 3.8) is 0 Å². The minimum absolute atomic E-state index is 0.0766. The Balaban J connectivity index is 1.47. The van der Waals surface area contributed by atoms with Gasteiger partial charge in [-0.2, -0.15) is 0 Å². The van der Waals surface area contributed by atoms with Gasteiger partial charge in [0.1, 0.15) is 5.75 Å². The van der Waals surface area contributed by atoms with Crippen molar-refractivity contribution in [3.05, 3.63) is 100 Å². The minimum atomic E-state index is -0.270. The molecule has 0 spiro atoms. The van der Waals surface area contributed by atoms with Crippen LogP contribution >= 0.6 is 11.3 Å². The molecular weight excluding hydrogens is 408 g/mol. The molecule has 1 heterocycles. The van der Waals surface area contributed by atoms with E-state index < -0.39 is 0 Å². The van der Waals surface area contributed by atoms with Crippen molar-refractivity contribution in [3.8, 4) is 17.0 Å². The van der Waals surface area contributed by atoms with Gasteiger partial charge in [-0.25, -0.2) is 4.98 Å². The van der Waals surface area contributed by atoms with Gasteiger partial charge < -0.3 is 4.74 Å². The molecule has 0 atom stereocenters. The van der Waals surface area contributed by atoms with Gasteiger partial charge in [-0.15, -0.1) is 11.3 Å². The molecule has 0 aliphatic carbocycles. The van der Waals surface area contributed by atoms with Gasteiger partial charge in [0.15, 0.2) is 10.9 Å². The first-order valence-corrected chi connectivity index (χ1v) is 10.5. The Bertz CT molecular complexity index is 1210. The highest BCUT2D eigenvalue weighted by Crippen LogP contribution is 2.31. The summed E-state index contributed by atoms with van der Waals surface area (Å²) in [6.07, 6.45) is 0. The molecule has 1 N–H and O–H groups in total. The number of rotatable bonds is 6. The average molecular weight is 429 g/mol. The summed E-state index contributed by atoms with van der Waals surface area (Å²) in [5.41, 5.74) is 3.40. The van der Waals surface area contributed by atoms with Crippen LogP contribution < -0.4 is 10.1 Å². The number of hydrogen-bond donors (Lipinski definition) is 1. The second kappa shape index (κ2) is 8.93. The maximum Gasteiger partial charge on any atom is 0.257 e. The number of amides is 1. The molecule has 0 saturated heterocycles. The fourth-order valence-corrected chi connectivity index (χ4v) is 4.00. The van der Waals surface area contributed by atoms with E-state index in [1.807, 2.05) is 49.4 Å². The molecule has 1 amide bonds. The van der Waals surface area contributed by atoms with E-state index in [0.29, 0.717) is 21.8 Å². The number of benzene rings is 3. The van der Waals surface area contributed by atoms with Gasteiger partial charge in [-0.3, -0.25) is 14.9 Å². The van der Waals surface area contributed by atoms with Crippen molar-refractivity contribution in [1.82, 2.24) is 4.98 Å². The van der Waals surface area contributed by atoms with Gasteiger partial charge >= 0.3 is 0 Å². The van der Waals surface area contributed by atoms with Crippen LogP contribution in [-0.2, 0) is 0 Å². The van der Waals surface area contributed by atoms with E-state index in [1.54, 1.807) is 43.5 Å². The Hall–Kier alpha value is -3.77. The Morgan fingerprint density at radius 2 is 1.45 bits per heavy atom. The van der Waals surface area contributed by atoms with Crippen LogP contribution in [0.15, 0.2) is 78.9 Å². The van der Waals surface area contributed by atoms with Crippen LogP contribution in [0.2, 0.25) is 0 Å². The van der Waals surface area contributed by atoms with Crippen LogP contribution in [0.25, 0.3) is 11.3 Å². The number of nitrogens with zero attached hydrogens (tertiary/aromatic N) is 1. The van der Waals surface area contributed by atoms with E-state index in [9.17, 15) is 9.59 Å². The lowest BCUT2D eigenvalue weighted by atomic mass is 10.0. The topological polar surface area (TPSA) is 68.3 Å². The quantitative estimate of drug-likeness (QED) is 0.405. The number of aromatic nitrogens is 1. The molecule has 0 radical (unpaired) electrons. The number of carbonyl (C=O) groups is 2. The maximum absolute atomic E-state index is 12.7. The molecule has 5 nitrogen and oxygen atoms in total. The lowest BCUT2D eigenvalue weighted by molar-refractivity contribution is 0.102. The van der Waals surface area contributed by atoms with Gasteiger partial charge in [-0.1, -0.05) is 42.5 Å². The molecule has 0 saturated carbocycles. The third-order valence-electron chi connectivity index (χ3n) is 4.83. The van der Waals surface area contributed by atoms with Crippen LogP contribution in [0, 0.1) is 6.92 Å². The van der Waals surface area contributed by atoms with Crippen molar-refractivity contribution in [2.75, 3.05) is 12.4 Å². The molecule has 1 aromatic heterocycles. The summed E-state index contributed by atoms with van der Waals surface area (Å²) in [6.45, 7) is 1.97. The predicted molar refractivity (Wildman–Crippen MR) is 123 cm³/mol. The number of aryl methyl sites for hydroxylation is 1. The average Bonchev–Trinajstić information content (AvgIpc) is 3.19. The fraction of sp³-hybridized carbons (Fsp3) is 0.0800. The number of hydrogen-bond acceptors (Lipinski definition) is 5. The summed E-state index contributed by atoms with van der Waals surface area (Å²) in [4.78, 5) is 30.8. The zero-order valence-corrected chi connectivity index (χ0v) is 17.9. The summed E-state index contributed by atoms with van der Waals surface area (Å²) < 4.78 is 5.19. The minimum Gasteiger partial charge on any atom is -0.497 e. The van der Waals surface area contributed by atoms with Gasteiger partial charge in [0.2, 0.25) is 0 Å². The van der Waals surface area contributed by atoms with E-state index >= 15 is 0 Å². The highest BCUT2D eigenvalue weighted by Gasteiger charge is 2.14. The van der Waals surface area contributed by atoms with Crippen LogP contribution in [-0.4, -0.2) is 23.8 Å². The number of nitrogens with one attached hydrogen (secondary N) is 1. The normalized spacial score (nSPS) is 10.5. The molecule has 0 bridgehead atoms. The first-order chi connectivity index (χ1) is 15.0. The third-order valence-corrected chi connectivity index (χ3v) is 5.71. The lowest BCUT2D eigenvalue weighted by Crippen LogP contribution is -2.12. The predicted octanol–water partition coefficient (Wildman–Crippen LogP) is 5.61. The molecule has 0 unspecified atom stereocenters. The molecule has 154 valence electrons. The highest BCUT2D eigenvalue weighted by atomic mass is 32.1. The molecule has 31 heavy (non-hydrogen) atoms. The van der Waals surface area contributed by atoms with Gasteiger partial charge in [-0.05, 0) is 43.3 Å². The fourth-order valence-electron chi connectivity index (χ4n) is 3.17. The largest absolute Gasteiger partial charge is 0.497 e. The van der Waals surface area contributed by atoms with Crippen LogP contribution in [0.1, 0.15) is 31.2 Å². The summed E-state index contributed by atoms with van der Waals surface area (Å²) in [6, 6.07) is 23.3. The molecular formula is C25H20N2O3S. The second-order valence-corrected chi connectivity index (χ2v) is 8.08. The Labute approximate surface area is 184 Å². The van der Waals surface area contributed by atoms with Crippen LogP contribution in [0.3, 0.4) is 0 Å². The van der Waals surface area contributed by atoms with E-state index in [2.05, 4.69) is 10.3 Å². The number of ether oxygens (including phenoxy) is 1. The van der Waals surface area contributed by atoms with Gasteiger partial charge in [0.05, 0.1) is 12.8 Å². The van der Waals surface area contributed by atoms with Crippen molar-refractivity contribution in [2.24, 2.45) is 0 Å². The molecule has 6 heteroatoms. The highest BCUT2D eigenvalue weighted by molar-refractivity contribution is 7.16. The Morgan fingerprint density at radius 1 is 0.839 bits per heavy atom. The van der Waals surface area contributed by atoms with E-state index in [0.717, 1.165) is 21.9 Å². The summed E-state index contributed by atoms with van der Waals surface area (Å²) in [7, 11) is 1.63. The summed E-state index contributed by atoms with van der Waals surface area (Å²) in [5, 5.41) is 3.38. The van der Waals surface area contributed by atoms with E-state index in [1.165, 1.54) is 11.3 Å². The molecule has 0 aliphatic rings. The molecule has 4 aromatic rings. The zero-order valence-electron chi connectivity index (χ0n) is 17.1. The van der Waals surface area contributed by atoms with Crippen molar-refractivity contribution >= 4 is 28.2 Å². The maximum atomic E-state index is 12.7. The molecule has 0 fully saturated rings. The smallest absolute Gasteiger partial charge is 0.257 e. The number of methoxy groups -OCH3 is 1. The number of anilines is 1. The Kier molecular flexibility index (Phi) is 5.91. The Morgan fingerprint density at radius 3 is 2.10 bits per heavy atom. The number of thiazole rings is 1. The number of ketones is 1. The van der Waals surface area contributed by atoms with Crippen molar-refractivity contribution < 1.29 is 14.3 Å². The van der Waals surface area contributed by atoms with Gasteiger partial charge in [0.25, 0.3) is 5.91 Å². The van der Waals surface area contributed by atoms with Gasteiger partial charge in [0, 0.05) is 27.1 Å². The monoisotopic (exact) mass is 428 g/mol. The zero-order chi connectivity index (χ0) is 21.8. The number of carbonyl (C=O) groups excluding carboxylic acids is 2. The summed E-state index contributed by atoms with van der Waals surface area (Å²) in [5.74, 6) is 0.431. The first-order valence-electron chi connectivity index (χ1n) is 9.68. The third kappa shape index (κ3) is 4.54. The van der Waals surface area contributed by atoms with Crippen molar-refractivity contribution in [1.29, 1.82) is 0 Å². The first kappa shape index (κ1) is 20.5. The second-order valence-electron chi connectivity index (χ2n) is 6.88. The van der Waals surface area contributed by atoms with E-state index in [4.69, 9.17) is 4.74 Å². The lowest BCUT2D eigenvalue weighted by Gasteiger charge is -2.04. The SMILES string of the molecule is COc1ccc(-c2nc(NC(=O)c3ccc(C(=O)c4ccccc4)cc3)sc2C)cc1. The molecule has 3 aromatic carbocycles. The standard InChI is InChI=1S/C25H20N2O3S/c1-16-22(17-12-14-21(30-2)15-13-17)26-25(31-16)27-24(29)20-10-8-19(9-11-20)23(28)18-6-4-3-5-7-18/h3-15H,1-2H3,(H,26,27,29). The molecule has 0 aliphatic heterocycles. The van der Waals surface area contributed by atoms with E-state index in [-0.39, 0.29) is 11.7 Å². The van der Waals surface area contributed by atoms with Crippen LogP contribution in [0.4, 0.5) is 5.13 Å². The van der Waals surface area contributed by atoms with Crippen LogP contribution in [0.5, 0.6) is 5.75 Å².